The first kappa shape index (κ1) is 21.7. The smallest absolute Gasteiger partial charge is 0.287 e. The third-order valence-electron chi connectivity index (χ3n) is 6.48. The van der Waals surface area contributed by atoms with Crippen LogP contribution in [0.1, 0.15) is 37.2 Å². The van der Waals surface area contributed by atoms with E-state index in [2.05, 4.69) is 10.6 Å². The van der Waals surface area contributed by atoms with Crippen molar-refractivity contribution in [1.82, 2.24) is 10.6 Å². The Morgan fingerprint density at radius 1 is 1.27 bits per heavy atom. The zero-order chi connectivity index (χ0) is 21.6. The number of carbonyl (C=O) groups excluding carboxylic acids is 1. The molecule has 3 fully saturated rings. The largest absolute Gasteiger partial charge is 0.459 e. The van der Waals surface area contributed by atoms with Gasteiger partial charge in [0.25, 0.3) is 5.91 Å². The molecule has 1 amide bonds. The molecule has 0 spiro atoms. The number of hydrogen-bond acceptors (Lipinski definition) is 9. The second kappa shape index (κ2) is 8.19. The maximum Gasteiger partial charge on any atom is 0.287 e. The molecule has 10 heteroatoms. The monoisotopic (exact) mass is 426 g/mol. The number of carbonyl (C=O) groups is 1. The Balaban J connectivity index is 1.62. The van der Waals surface area contributed by atoms with Crippen LogP contribution < -0.4 is 10.6 Å². The average Bonchev–Trinajstić information content (AvgIpc) is 3.24. The summed E-state index contributed by atoms with van der Waals surface area (Å²) in [5, 5.41) is 38.8. The van der Waals surface area contributed by atoms with E-state index in [4.69, 9.17) is 18.6 Å². The summed E-state index contributed by atoms with van der Waals surface area (Å²) in [7, 11) is 1.67. The highest BCUT2D eigenvalue weighted by Gasteiger charge is 2.63. The molecule has 1 saturated carbocycles. The van der Waals surface area contributed by atoms with Crippen molar-refractivity contribution in [3.05, 3.63) is 24.2 Å². The van der Waals surface area contributed by atoms with E-state index in [0.717, 1.165) is 0 Å². The van der Waals surface area contributed by atoms with Crippen molar-refractivity contribution in [2.24, 2.45) is 5.92 Å². The van der Waals surface area contributed by atoms with E-state index in [1.165, 1.54) is 12.3 Å². The van der Waals surface area contributed by atoms with Gasteiger partial charge in [0.1, 0.15) is 12.2 Å². The normalized spacial score (nSPS) is 46.0. The van der Waals surface area contributed by atoms with Crippen LogP contribution in [-0.2, 0) is 14.2 Å². The topological polar surface area (TPSA) is 143 Å². The number of aliphatic hydroxyl groups excluding tert-OH is 2. The van der Waals surface area contributed by atoms with Crippen LogP contribution in [0.5, 0.6) is 0 Å². The van der Waals surface area contributed by atoms with E-state index < -0.39 is 60.4 Å². The first-order chi connectivity index (χ1) is 14.3. The third kappa shape index (κ3) is 3.46. The molecule has 3 aliphatic rings. The molecule has 0 radical (unpaired) electrons. The lowest BCUT2D eigenvalue weighted by atomic mass is 9.74. The van der Waals surface area contributed by atoms with Crippen LogP contribution in [0.4, 0.5) is 0 Å². The van der Waals surface area contributed by atoms with Crippen LogP contribution in [0.25, 0.3) is 0 Å². The summed E-state index contributed by atoms with van der Waals surface area (Å²) < 4.78 is 23.0. The molecule has 30 heavy (non-hydrogen) atoms. The van der Waals surface area contributed by atoms with Gasteiger partial charge in [-0.15, -0.1) is 0 Å². The van der Waals surface area contributed by atoms with Crippen LogP contribution in [0.15, 0.2) is 22.8 Å². The van der Waals surface area contributed by atoms with Gasteiger partial charge in [0.2, 0.25) is 12.1 Å². The Hall–Kier alpha value is -1.53. The van der Waals surface area contributed by atoms with Crippen molar-refractivity contribution < 1.29 is 38.7 Å². The lowest BCUT2D eigenvalue weighted by Gasteiger charge is -2.58. The van der Waals surface area contributed by atoms with Crippen molar-refractivity contribution in [3.63, 3.8) is 0 Å². The van der Waals surface area contributed by atoms with E-state index >= 15 is 0 Å². The van der Waals surface area contributed by atoms with Crippen LogP contribution in [0, 0.1) is 5.92 Å². The first-order valence-corrected chi connectivity index (χ1v) is 10.4. The Bertz CT molecular complexity index is 745. The maximum absolute atomic E-state index is 12.5. The summed E-state index contributed by atoms with van der Waals surface area (Å²) in [6.07, 6.45) is -2.93. The number of hydrogen-bond donors (Lipinski definition) is 5. The lowest BCUT2D eigenvalue weighted by Crippen LogP contribution is -2.77. The van der Waals surface area contributed by atoms with Gasteiger partial charge in [0, 0.05) is 5.92 Å². The SMILES string of the molecule is CC[C@@H]1[C@H](O)[C@H](NC)C2O[C@]3(O)C(OC2[C@@H]1O)O[C@H](C)C[C@H]3NC(=O)c1ccco1. The van der Waals surface area contributed by atoms with Crippen molar-refractivity contribution in [3.8, 4) is 0 Å². The van der Waals surface area contributed by atoms with Crippen molar-refractivity contribution in [2.75, 3.05) is 7.05 Å². The van der Waals surface area contributed by atoms with Gasteiger partial charge in [-0.1, -0.05) is 6.92 Å². The molecule has 3 unspecified atom stereocenters. The van der Waals surface area contributed by atoms with E-state index in [1.54, 1.807) is 20.0 Å². The standard InChI is InChI=1S/C20H30N2O8/c1-4-10-14(23)13(21-3)16-17(15(10)24)29-19-20(26,30-16)12(8-9(2)28-19)22-18(25)11-6-5-7-27-11/h5-7,9-10,12-17,19,21,23-24,26H,4,8H2,1-3H3,(H,22,25)/t9-,10-,12-,13+,14+,15-,16?,17?,19?,20+/m1/s1. The summed E-state index contributed by atoms with van der Waals surface area (Å²) in [6.45, 7) is 3.68. The molecule has 1 aromatic rings. The van der Waals surface area contributed by atoms with Gasteiger partial charge in [-0.05, 0) is 38.9 Å². The van der Waals surface area contributed by atoms with Gasteiger partial charge in [0.15, 0.2) is 5.76 Å². The summed E-state index contributed by atoms with van der Waals surface area (Å²) in [5.74, 6) is -2.83. The quantitative estimate of drug-likeness (QED) is 0.424. The summed E-state index contributed by atoms with van der Waals surface area (Å²) >= 11 is 0. The highest BCUT2D eigenvalue weighted by atomic mass is 16.8. The van der Waals surface area contributed by atoms with Crippen molar-refractivity contribution in [1.29, 1.82) is 0 Å². The average molecular weight is 426 g/mol. The molecule has 1 aliphatic carbocycles. The number of rotatable bonds is 4. The molecular formula is C20H30N2O8. The summed E-state index contributed by atoms with van der Waals surface area (Å²) in [6, 6.07) is 1.66. The van der Waals surface area contributed by atoms with E-state index in [0.29, 0.717) is 6.42 Å². The summed E-state index contributed by atoms with van der Waals surface area (Å²) in [4.78, 5) is 12.5. The molecule has 168 valence electrons. The number of fused-ring (bicyclic) bond motifs is 2. The number of nitrogens with one attached hydrogen (secondary N) is 2. The van der Waals surface area contributed by atoms with Crippen LogP contribution in [0.3, 0.4) is 0 Å². The molecule has 10 atom stereocenters. The minimum Gasteiger partial charge on any atom is -0.459 e. The summed E-state index contributed by atoms with van der Waals surface area (Å²) in [5.41, 5.74) is 0. The zero-order valence-electron chi connectivity index (χ0n) is 17.2. The molecule has 3 heterocycles. The molecule has 10 nitrogen and oxygen atoms in total. The Kier molecular flexibility index (Phi) is 5.92. The predicted molar refractivity (Wildman–Crippen MR) is 102 cm³/mol. The molecule has 0 aromatic carbocycles. The molecular weight excluding hydrogens is 396 g/mol. The minimum absolute atomic E-state index is 0.103. The number of furan rings is 1. The second-order valence-corrected chi connectivity index (χ2v) is 8.32. The van der Waals surface area contributed by atoms with Crippen LogP contribution in [-0.4, -0.2) is 83.0 Å². The predicted octanol–water partition coefficient (Wildman–Crippen LogP) is -0.665. The Morgan fingerprint density at radius 2 is 2.03 bits per heavy atom. The fraction of sp³-hybridized carbons (Fsp3) is 0.750. The lowest BCUT2D eigenvalue weighted by molar-refractivity contribution is -0.450. The van der Waals surface area contributed by atoms with E-state index in [-0.39, 0.29) is 18.3 Å². The minimum atomic E-state index is -2.01. The fourth-order valence-corrected chi connectivity index (χ4v) is 4.88. The highest BCUT2D eigenvalue weighted by molar-refractivity contribution is 5.91. The van der Waals surface area contributed by atoms with Gasteiger partial charge in [-0.25, -0.2) is 0 Å². The number of amides is 1. The van der Waals surface area contributed by atoms with Crippen LogP contribution >= 0.6 is 0 Å². The third-order valence-corrected chi connectivity index (χ3v) is 6.48. The molecule has 4 rings (SSSR count). The second-order valence-electron chi connectivity index (χ2n) is 8.32. The molecule has 2 saturated heterocycles. The zero-order valence-corrected chi connectivity index (χ0v) is 17.2. The number of aliphatic hydroxyl groups is 3. The van der Waals surface area contributed by atoms with Crippen LogP contribution in [0.2, 0.25) is 0 Å². The number of ether oxygens (including phenoxy) is 3. The highest BCUT2D eigenvalue weighted by Crippen LogP contribution is 2.43. The Morgan fingerprint density at radius 3 is 2.67 bits per heavy atom. The van der Waals surface area contributed by atoms with Gasteiger partial charge >= 0.3 is 0 Å². The van der Waals surface area contributed by atoms with Gasteiger partial charge in [-0.2, -0.15) is 0 Å². The van der Waals surface area contributed by atoms with Gasteiger partial charge < -0.3 is 44.6 Å². The Labute approximate surface area is 174 Å². The molecule has 0 bridgehead atoms. The van der Waals surface area contributed by atoms with Crippen molar-refractivity contribution in [2.45, 2.75) is 81.4 Å². The van der Waals surface area contributed by atoms with E-state index in [1.807, 2.05) is 6.92 Å². The number of likely N-dealkylation sites (N-methyl/N-ethyl adjacent to an activating group) is 1. The molecule has 1 aromatic heterocycles. The first-order valence-electron chi connectivity index (χ1n) is 10.4. The fourth-order valence-electron chi connectivity index (χ4n) is 4.88. The van der Waals surface area contributed by atoms with Crippen molar-refractivity contribution >= 4 is 5.91 Å². The molecule has 2 aliphatic heterocycles. The van der Waals surface area contributed by atoms with Gasteiger partial charge in [-0.3, -0.25) is 4.79 Å². The molecule has 5 N–H and O–H groups in total. The van der Waals surface area contributed by atoms with E-state index in [9.17, 15) is 20.1 Å². The maximum atomic E-state index is 12.5. The van der Waals surface area contributed by atoms with Gasteiger partial charge in [0.05, 0.1) is 36.7 Å².